The zero-order valence-electron chi connectivity index (χ0n) is 7.16. The van der Waals surface area contributed by atoms with Gasteiger partial charge in [-0.1, -0.05) is 15.9 Å². The van der Waals surface area contributed by atoms with Gasteiger partial charge in [-0.25, -0.2) is 4.79 Å². The Morgan fingerprint density at radius 2 is 2.23 bits per heavy atom. The largest absolute Gasteiger partial charge is 0.462 e. The van der Waals surface area contributed by atoms with Crippen LogP contribution in [0.2, 0.25) is 0 Å². The predicted octanol–water partition coefficient (Wildman–Crippen LogP) is 1.55. The van der Waals surface area contributed by atoms with Gasteiger partial charge in [-0.2, -0.15) is 10.2 Å². The van der Waals surface area contributed by atoms with Crippen LogP contribution in [0.1, 0.15) is 22.8 Å². The van der Waals surface area contributed by atoms with Crippen molar-refractivity contribution >= 4 is 21.9 Å². The van der Waals surface area contributed by atoms with Crippen LogP contribution in [-0.4, -0.2) is 22.8 Å². The lowest BCUT2D eigenvalue weighted by molar-refractivity contribution is 0.0524. The van der Waals surface area contributed by atoms with Crippen LogP contribution in [0.25, 0.3) is 0 Å². The number of halogens is 1. The van der Waals surface area contributed by atoms with Crippen molar-refractivity contribution in [3.8, 4) is 0 Å². The molecule has 0 fully saturated rings. The molecule has 1 rings (SSSR count). The maximum Gasteiger partial charge on any atom is 0.340 e. The number of aromatic nitrogens is 2. The third-order valence-corrected chi connectivity index (χ3v) is 2.06. The molecule has 0 saturated carbocycles. The number of nitrogens with zero attached hydrogens (tertiary/aromatic N) is 2. The van der Waals surface area contributed by atoms with Gasteiger partial charge in [0, 0.05) is 5.33 Å². The molecule has 0 bridgehead atoms. The molecule has 0 N–H and O–H groups in total. The van der Waals surface area contributed by atoms with E-state index < -0.39 is 0 Å². The van der Waals surface area contributed by atoms with Crippen LogP contribution >= 0.6 is 15.9 Å². The summed E-state index contributed by atoms with van der Waals surface area (Å²) in [5, 5.41) is 7.86. The fourth-order valence-corrected chi connectivity index (χ4v) is 1.29. The first kappa shape index (κ1) is 10.1. The molecular formula is C8H9BrN2O2. The number of esters is 1. The fraction of sp³-hybridized carbons (Fsp3) is 0.375. The summed E-state index contributed by atoms with van der Waals surface area (Å²) in [6, 6.07) is 0. The molecule has 0 aromatic carbocycles. The van der Waals surface area contributed by atoms with E-state index in [1.807, 2.05) is 0 Å². The molecule has 0 atom stereocenters. The quantitative estimate of drug-likeness (QED) is 0.598. The summed E-state index contributed by atoms with van der Waals surface area (Å²) in [4.78, 5) is 11.3. The van der Waals surface area contributed by atoms with Crippen molar-refractivity contribution in [3.63, 3.8) is 0 Å². The van der Waals surface area contributed by atoms with Gasteiger partial charge in [0.2, 0.25) is 0 Å². The SMILES string of the molecule is CCOC(=O)c1cnncc1CBr. The second-order valence-corrected chi connectivity index (χ2v) is 2.84. The number of hydrogen-bond acceptors (Lipinski definition) is 4. The molecule has 1 aromatic heterocycles. The average Bonchev–Trinajstić information content (AvgIpc) is 2.18. The lowest BCUT2D eigenvalue weighted by Crippen LogP contribution is -2.08. The number of carbonyl (C=O) groups excluding carboxylic acids is 1. The van der Waals surface area contributed by atoms with E-state index in [0.29, 0.717) is 17.5 Å². The van der Waals surface area contributed by atoms with Crippen molar-refractivity contribution in [1.82, 2.24) is 10.2 Å². The van der Waals surface area contributed by atoms with Gasteiger partial charge in [-0.3, -0.25) is 0 Å². The van der Waals surface area contributed by atoms with Gasteiger partial charge in [0.05, 0.1) is 24.6 Å². The second kappa shape index (κ2) is 4.91. The Morgan fingerprint density at radius 3 is 2.85 bits per heavy atom. The van der Waals surface area contributed by atoms with E-state index in [4.69, 9.17) is 4.74 Å². The van der Waals surface area contributed by atoms with Crippen LogP contribution < -0.4 is 0 Å². The summed E-state index contributed by atoms with van der Waals surface area (Å²) in [6.45, 7) is 2.13. The Hall–Kier alpha value is -0.970. The highest BCUT2D eigenvalue weighted by atomic mass is 79.9. The lowest BCUT2D eigenvalue weighted by Gasteiger charge is -2.03. The fourth-order valence-electron chi connectivity index (χ4n) is 0.846. The molecule has 0 aliphatic rings. The normalized spacial score (nSPS) is 9.69. The van der Waals surface area contributed by atoms with Crippen molar-refractivity contribution in [2.45, 2.75) is 12.3 Å². The number of alkyl halides is 1. The topological polar surface area (TPSA) is 52.1 Å². The van der Waals surface area contributed by atoms with Crippen molar-refractivity contribution in [1.29, 1.82) is 0 Å². The number of hydrogen-bond donors (Lipinski definition) is 0. The van der Waals surface area contributed by atoms with Gasteiger partial charge in [0.25, 0.3) is 0 Å². The van der Waals surface area contributed by atoms with Crippen LogP contribution in [0.3, 0.4) is 0 Å². The summed E-state index contributed by atoms with van der Waals surface area (Å²) >= 11 is 3.25. The summed E-state index contributed by atoms with van der Waals surface area (Å²) in [6.07, 6.45) is 2.95. The second-order valence-electron chi connectivity index (χ2n) is 2.28. The van der Waals surface area contributed by atoms with E-state index in [0.717, 1.165) is 5.56 Å². The minimum absolute atomic E-state index is 0.355. The van der Waals surface area contributed by atoms with Gasteiger partial charge in [0.15, 0.2) is 0 Å². The summed E-state index contributed by atoms with van der Waals surface area (Å²) in [5.41, 5.74) is 1.25. The third kappa shape index (κ3) is 2.48. The smallest absolute Gasteiger partial charge is 0.340 e. The van der Waals surface area contributed by atoms with Crippen LogP contribution in [0.5, 0.6) is 0 Å². The number of ether oxygens (including phenoxy) is 1. The molecule has 4 nitrogen and oxygen atoms in total. The van der Waals surface area contributed by atoms with E-state index in [2.05, 4.69) is 26.1 Å². The predicted molar refractivity (Wildman–Crippen MR) is 50.6 cm³/mol. The standard InChI is InChI=1S/C8H9BrN2O2/c1-2-13-8(12)7-5-11-10-4-6(7)3-9/h4-5H,2-3H2,1H3. The summed E-state index contributed by atoms with van der Waals surface area (Å²) < 4.78 is 4.84. The van der Waals surface area contributed by atoms with Crippen molar-refractivity contribution in [2.24, 2.45) is 0 Å². The minimum Gasteiger partial charge on any atom is -0.462 e. The Bertz CT molecular complexity index is 304. The molecule has 1 heterocycles. The van der Waals surface area contributed by atoms with Gasteiger partial charge in [-0.15, -0.1) is 0 Å². The monoisotopic (exact) mass is 244 g/mol. The highest BCUT2D eigenvalue weighted by Gasteiger charge is 2.11. The molecular weight excluding hydrogens is 236 g/mol. The highest BCUT2D eigenvalue weighted by Crippen LogP contribution is 2.10. The molecule has 1 aromatic rings. The number of rotatable bonds is 3. The van der Waals surface area contributed by atoms with E-state index in [-0.39, 0.29) is 5.97 Å². The first-order valence-electron chi connectivity index (χ1n) is 3.82. The van der Waals surface area contributed by atoms with Crippen LogP contribution in [0.4, 0.5) is 0 Å². The highest BCUT2D eigenvalue weighted by molar-refractivity contribution is 9.08. The first-order chi connectivity index (χ1) is 6.29. The molecule has 0 unspecified atom stereocenters. The Balaban J connectivity index is 2.92. The lowest BCUT2D eigenvalue weighted by atomic mass is 10.2. The van der Waals surface area contributed by atoms with Crippen LogP contribution in [0.15, 0.2) is 12.4 Å². The van der Waals surface area contributed by atoms with E-state index in [9.17, 15) is 4.79 Å². The van der Waals surface area contributed by atoms with Gasteiger partial charge in [0.1, 0.15) is 0 Å². The molecule has 0 radical (unpaired) electrons. The summed E-state index contributed by atoms with van der Waals surface area (Å²) in [7, 11) is 0. The molecule has 0 spiro atoms. The van der Waals surface area contributed by atoms with Crippen molar-refractivity contribution in [2.75, 3.05) is 6.61 Å². The first-order valence-corrected chi connectivity index (χ1v) is 4.94. The molecule has 0 saturated heterocycles. The van der Waals surface area contributed by atoms with Crippen molar-refractivity contribution in [3.05, 3.63) is 23.5 Å². The Labute approximate surface area is 84.4 Å². The zero-order chi connectivity index (χ0) is 9.68. The van der Waals surface area contributed by atoms with Crippen LogP contribution in [0, 0.1) is 0 Å². The van der Waals surface area contributed by atoms with Crippen LogP contribution in [-0.2, 0) is 10.1 Å². The molecule has 0 amide bonds. The number of carbonyl (C=O) groups is 1. The van der Waals surface area contributed by atoms with E-state index >= 15 is 0 Å². The summed E-state index contributed by atoms with van der Waals surface area (Å²) in [5.74, 6) is -0.355. The van der Waals surface area contributed by atoms with Gasteiger partial charge < -0.3 is 4.74 Å². The maximum atomic E-state index is 11.3. The third-order valence-electron chi connectivity index (χ3n) is 1.45. The molecule has 0 aliphatic carbocycles. The maximum absolute atomic E-state index is 11.3. The average molecular weight is 245 g/mol. The molecule has 0 aliphatic heterocycles. The van der Waals surface area contributed by atoms with E-state index in [1.165, 1.54) is 6.20 Å². The molecule has 70 valence electrons. The molecule has 5 heteroatoms. The van der Waals surface area contributed by atoms with Gasteiger partial charge in [-0.05, 0) is 12.5 Å². The Kier molecular flexibility index (Phi) is 3.82. The minimum atomic E-state index is -0.355. The zero-order valence-corrected chi connectivity index (χ0v) is 8.74. The van der Waals surface area contributed by atoms with E-state index in [1.54, 1.807) is 13.1 Å². The van der Waals surface area contributed by atoms with Gasteiger partial charge >= 0.3 is 5.97 Å². The van der Waals surface area contributed by atoms with Crippen molar-refractivity contribution < 1.29 is 9.53 Å². The Morgan fingerprint density at radius 1 is 1.54 bits per heavy atom. The molecule has 13 heavy (non-hydrogen) atoms.